The summed E-state index contributed by atoms with van der Waals surface area (Å²) < 4.78 is 0. The minimum Gasteiger partial charge on any atom is -0.313 e. The van der Waals surface area contributed by atoms with Crippen molar-refractivity contribution < 1.29 is 0 Å². The predicted molar refractivity (Wildman–Crippen MR) is 80.1 cm³/mol. The summed E-state index contributed by atoms with van der Waals surface area (Å²) in [7, 11) is 0. The topological polar surface area (TPSA) is 24.1 Å². The van der Waals surface area contributed by atoms with Crippen LogP contribution in [0.2, 0.25) is 0 Å². The molecule has 0 aliphatic carbocycles. The minimum atomic E-state index is 0.547. The zero-order valence-electron chi connectivity index (χ0n) is 12.3. The molecule has 0 aromatic heterocycles. The zero-order valence-corrected chi connectivity index (χ0v) is 12.3. The normalized spacial score (nSPS) is 12.9. The summed E-state index contributed by atoms with van der Waals surface area (Å²) in [5.41, 5.74) is 2.78. The first-order valence-electron chi connectivity index (χ1n) is 7.10. The number of benzene rings is 1. The first-order valence-corrected chi connectivity index (χ1v) is 7.10. The second-order valence-corrected chi connectivity index (χ2v) is 5.51. The molecule has 0 amide bonds. The molecule has 0 aliphatic rings. The predicted octanol–water partition coefficient (Wildman–Crippen LogP) is 2.90. The maximum Gasteiger partial charge on any atom is 0.0164 e. The van der Waals surface area contributed by atoms with E-state index in [1.54, 1.807) is 0 Å². The molecule has 1 aromatic rings. The Hall–Kier alpha value is -0.860. The van der Waals surface area contributed by atoms with Gasteiger partial charge in [-0.05, 0) is 38.8 Å². The third-order valence-electron chi connectivity index (χ3n) is 3.09. The van der Waals surface area contributed by atoms with Gasteiger partial charge in [-0.2, -0.15) is 0 Å². The van der Waals surface area contributed by atoms with Gasteiger partial charge in [0.15, 0.2) is 0 Å². The first-order chi connectivity index (χ1) is 8.58. The van der Waals surface area contributed by atoms with Crippen LogP contribution in [0.5, 0.6) is 0 Å². The molecule has 1 unspecified atom stereocenters. The van der Waals surface area contributed by atoms with Crippen LogP contribution < -0.4 is 10.6 Å². The molecular formula is C16H28N2. The van der Waals surface area contributed by atoms with Crippen molar-refractivity contribution in [3.05, 3.63) is 35.4 Å². The van der Waals surface area contributed by atoms with Crippen LogP contribution >= 0.6 is 0 Å². The molecular weight excluding hydrogens is 220 g/mol. The molecule has 2 heteroatoms. The van der Waals surface area contributed by atoms with Crippen molar-refractivity contribution in [3.8, 4) is 0 Å². The van der Waals surface area contributed by atoms with Gasteiger partial charge in [0.1, 0.15) is 0 Å². The van der Waals surface area contributed by atoms with Crippen LogP contribution in [0.15, 0.2) is 24.3 Å². The van der Waals surface area contributed by atoms with E-state index >= 15 is 0 Å². The zero-order chi connectivity index (χ0) is 13.4. The summed E-state index contributed by atoms with van der Waals surface area (Å²) in [5.74, 6) is 0. The van der Waals surface area contributed by atoms with Crippen LogP contribution in [-0.2, 0) is 6.42 Å². The highest BCUT2D eigenvalue weighted by molar-refractivity contribution is 5.21. The third kappa shape index (κ3) is 6.77. The van der Waals surface area contributed by atoms with Crippen molar-refractivity contribution in [2.24, 2.45) is 0 Å². The molecule has 2 nitrogen and oxygen atoms in total. The maximum absolute atomic E-state index is 3.56. The molecule has 2 N–H and O–H groups in total. The summed E-state index contributed by atoms with van der Waals surface area (Å²) in [6, 6.07) is 9.97. The van der Waals surface area contributed by atoms with Gasteiger partial charge in [-0.3, -0.25) is 0 Å². The van der Waals surface area contributed by atoms with Crippen molar-refractivity contribution in [2.45, 2.75) is 52.6 Å². The highest BCUT2D eigenvalue weighted by Gasteiger charge is 2.01. The van der Waals surface area contributed by atoms with Crippen LogP contribution in [0.4, 0.5) is 0 Å². The Kier molecular flexibility index (Phi) is 6.99. The molecule has 0 bridgehead atoms. The molecule has 18 heavy (non-hydrogen) atoms. The fraction of sp³-hybridized carbons (Fsp3) is 0.625. The van der Waals surface area contributed by atoms with Crippen LogP contribution in [0.25, 0.3) is 0 Å². The Labute approximate surface area is 112 Å². The van der Waals surface area contributed by atoms with Crippen molar-refractivity contribution in [1.82, 2.24) is 10.6 Å². The fourth-order valence-corrected chi connectivity index (χ4v) is 1.88. The molecule has 0 fully saturated rings. The van der Waals surface area contributed by atoms with Gasteiger partial charge in [0.05, 0.1) is 0 Å². The van der Waals surface area contributed by atoms with Gasteiger partial charge in [-0.15, -0.1) is 0 Å². The lowest BCUT2D eigenvalue weighted by molar-refractivity contribution is 0.471. The smallest absolute Gasteiger partial charge is 0.0164 e. The van der Waals surface area contributed by atoms with E-state index in [-0.39, 0.29) is 0 Å². The van der Waals surface area contributed by atoms with Gasteiger partial charge in [-0.25, -0.2) is 0 Å². The minimum absolute atomic E-state index is 0.547. The second kappa shape index (κ2) is 8.28. The van der Waals surface area contributed by atoms with Crippen molar-refractivity contribution in [3.63, 3.8) is 0 Å². The number of hydrogen-bond donors (Lipinski definition) is 2. The average Bonchev–Trinajstić information content (AvgIpc) is 2.34. The first kappa shape index (κ1) is 15.2. The van der Waals surface area contributed by atoms with E-state index in [9.17, 15) is 0 Å². The van der Waals surface area contributed by atoms with E-state index in [0.717, 1.165) is 19.5 Å². The van der Waals surface area contributed by atoms with E-state index in [4.69, 9.17) is 0 Å². The summed E-state index contributed by atoms with van der Waals surface area (Å²) in [4.78, 5) is 0. The van der Waals surface area contributed by atoms with Crippen LogP contribution in [0.1, 0.15) is 38.3 Å². The number of rotatable bonds is 8. The van der Waals surface area contributed by atoms with Crippen LogP contribution in [0.3, 0.4) is 0 Å². The monoisotopic (exact) mass is 248 g/mol. The highest BCUT2D eigenvalue weighted by Crippen LogP contribution is 2.05. The lowest BCUT2D eigenvalue weighted by Crippen LogP contribution is -2.39. The van der Waals surface area contributed by atoms with Gasteiger partial charge in [0.2, 0.25) is 0 Å². The average molecular weight is 248 g/mol. The van der Waals surface area contributed by atoms with Crippen molar-refractivity contribution >= 4 is 0 Å². The van der Waals surface area contributed by atoms with Crippen molar-refractivity contribution in [2.75, 3.05) is 13.1 Å². The molecule has 0 saturated carbocycles. The van der Waals surface area contributed by atoms with Crippen LogP contribution in [0, 0.1) is 6.92 Å². The van der Waals surface area contributed by atoms with Gasteiger partial charge >= 0.3 is 0 Å². The quantitative estimate of drug-likeness (QED) is 0.691. The largest absolute Gasteiger partial charge is 0.313 e. The van der Waals surface area contributed by atoms with E-state index < -0.39 is 0 Å². The van der Waals surface area contributed by atoms with E-state index in [1.165, 1.54) is 17.5 Å². The standard InChI is InChI=1S/C16H28N2/c1-13(2)18-12-15(4)17-11-5-6-16-9-7-14(3)8-10-16/h7-10,13,15,17-18H,5-6,11-12H2,1-4H3. The second-order valence-electron chi connectivity index (χ2n) is 5.51. The summed E-state index contributed by atoms with van der Waals surface area (Å²) >= 11 is 0. The van der Waals surface area contributed by atoms with Crippen molar-refractivity contribution in [1.29, 1.82) is 0 Å². The number of nitrogens with one attached hydrogen (secondary N) is 2. The Morgan fingerprint density at radius 1 is 1.00 bits per heavy atom. The third-order valence-corrected chi connectivity index (χ3v) is 3.09. The van der Waals surface area contributed by atoms with Crippen LogP contribution in [-0.4, -0.2) is 25.2 Å². The molecule has 1 atom stereocenters. The Morgan fingerprint density at radius 3 is 2.28 bits per heavy atom. The fourth-order valence-electron chi connectivity index (χ4n) is 1.88. The highest BCUT2D eigenvalue weighted by atomic mass is 15.0. The Bertz CT molecular complexity index is 316. The van der Waals surface area contributed by atoms with E-state index in [1.807, 2.05) is 0 Å². The lowest BCUT2D eigenvalue weighted by Gasteiger charge is -2.16. The molecule has 0 aliphatic heterocycles. The summed E-state index contributed by atoms with van der Waals surface area (Å²) in [6.07, 6.45) is 2.37. The molecule has 1 rings (SSSR count). The number of hydrogen-bond acceptors (Lipinski definition) is 2. The molecule has 102 valence electrons. The Balaban J connectivity index is 2.09. The van der Waals surface area contributed by atoms with Gasteiger partial charge < -0.3 is 10.6 Å². The lowest BCUT2D eigenvalue weighted by atomic mass is 10.1. The molecule has 0 heterocycles. The summed E-state index contributed by atoms with van der Waals surface area (Å²) in [5, 5.41) is 7.00. The van der Waals surface area contributed by atoms with Gasteiger partial charge in [0, 0.05) is 18.6 Å². The summed E-state index contributed by atoms with van der Waals surface area (Å²) in [6.45, 7) is 10.9. The van der Waals surface area contributed by atoms with Gasteiger partial charge in [-0.1, -0.05) is 43.7 Å². The molecule has 0 radical (unpaired) electrons. The van der Waals surface area contributed by atoms with E-state index in [0.29, 0.717) is 12.1 Å². The number of aryl methyl sites for hydroxylation is 2. The SMILES string of the molecule is Cc1ccc(CCCNC(C)CNC(C)C)cc1. The molecule has 0 saturated heterocycles. The van der Waals surface area contributed by atoms with E-state index in [2.05, 4.69) is 62.6 Å². The molecule has 0 spiro atoms. The Morgan fingerprint density at radius 2 is 1.67 bits per heavy atom. The van der Waals surface area contributed by atoms with Gasteiger partial charge in [0.25, 0.3) is 0 Å². The molecule has 1 aromatic carbocycles. The maximum atomic E-state index is 3.56.